The van der Waals surface area contributed by atoms with Crippen molar-refractivity contribution < 1.29 is 23.5 Å². The molecule has 9 nitrogen and oxygen atoms in total. The molecular weight excluding hydrogens is 569 g/mol. The number of amides is 2. The Morgan fingerprint density at radius 2 is 2.03 bits per heavy atom. The summed E-state index contributed by atoms with van der Waals surface area (Å²) >= 11 is 3.40. The maximum Gasteiger partial charge on any atom is 0.321 e. The van der Waals surface area contributed by atoms with E-state index in [0.29, 0.717) is 34.3 Å². The van der Waals surface area contributed by atoms with Gasteiger partial charge in [0, 0.05) is 58.1 Å². The third-order valence-corrected chi connectivity index (χ3v) is 7.10. The van der Waals surface area contributed by atoms with Crippen molar-refractivity contribution in [1.82, 2.24) is 24.8 Å². The molecule has 39 heavy (non-hydrogen) atoms. The number of alkyl halides is 1. The van der Waals surface area contributed by atoms with Crippen molar-refractivity contribution in [2.24, 2.45) is 0 Å². The van der Waals surface area contributed by atoms with Gasteiger partial charge in [-0.3, -0.25) is 14.4 Å². The lowest BCUT2D eigenvalue weighted by Crippen LogP contribution is -2.46. The molecule has 1 saturated heterocycles. The standard InChI is InChI=1S/C28H25BrFN5O4/c1-17(36)23-15-34(24-9-8-21(13-22(23)24)39-28-31-10-3-11-32-28)16-26(37)35-14-19(30)12-25(35)27(38)33-20-5-2-4-18(29)6-7-20/h2-6,8-11,13,15,19,25H,7,12,14,16H2,1H3,(H,33,38). The van der Waals surface area contributed by atoms with E-state index in [9.17, 15) is 18.8 Å². The number of ketones is 1. The number of nitrogens with one attached hydrogen (secondary N) is 1. The number of carbonyl (C=O) groups is 3. The van der Waals surface area contributed by atoms with Gasteiger partial charge in [0.2, 0.25) is 11.8 Å². The van der Waals surface area contributed by atoms with E-state index in [1.165, 1.54) is 11.8 Å². The van der Waals surface area contributed by atoms with E-state index >= 15 is 0 Å². The molecule has 2 aliphatic rings. The molecule has 2 aromatic heterocycles. The van der Waals surface area contributed by atoms with Gasteiger partial charge in [-0.2, -0.15) is 0 Å². The Morgan fingerprint density at radius 1 is 1.23 bits per heavy atom. The van der Waals surface area contributed by atoms with E-state index in [2.05, 4.69) is 31.2 Å². The first-order chi connectivity index (χ1) is 18.8. The highest BCUT2D eigenvalue weighted by molar-refractivity contribution is 9.11. The van der Waals surface area contributed by atoms with Gasteiger partial charge >= 0.3 is 6.01 Å². The molecule has 1 aromatic carbocycles. The largest absolute Gasteiger partial charge is 0.424 e. The molecule has 1 N–H and O–H groups in total. The van der Waals surface area contributed by atoms with Crippen molar-refractivity contribution in [1.29, 1.82) is 0 Å². The number of carbonyl (C=O) groups excluding carboxylic acids is 3. The molecule has 1 aliphatic heterocycles. The monoisotopic (exact) mass is 593 g/mol. The second kappa shape index (κ2) is 11.3. The highest BCUT2D eigenvalue weighted by Crippen LogP contribution is 2.29. The fourth-order valence-corrected chi connectivity index (χ4v) is 4.99. The molecule has 0 radical (unpaired) electrons. The molecule has 0 bridgehead atoms. The van der Waals surface area contributed by atoms with Gasteiger partial charge in [0.05, 0.1) is 6.54 Å². The minimum atomic E-state index is -1.31. The van der Waals surface area contributed by atoms with Gasteiger partial charge in [0.15, 0.2) is 5.78 Å². The van der Waals surface area contributed by atoms with Crippen LogP contribution in [-0.2, 0) is 16.1 Å². The lowest BCUT2D eigenvalue weighted by Gasteiger charge is -2.24. The number of rotatable bonds is 7. The minimum absolute atomic E-state index is 0.0758. The number of likely N-dealkylation sites (tertiary alicyclic amines) is 1. The molecule has 200 valence electrons. The molecular formula is C28H25BrFN5O4. The number of aromatic nitrogens is 3. The van der Waals surface area contributed by atoms with E-state index in [4.69, 9.17) is 4.74 Å². The number of allylic oxidation sites excluding steroid dienone is 5. The third-order valence-electron chi connectivity index (χ3n) is 6.52. The lowest BCUT2D eigenvalue weighted by molar-refractivity contribution is -0.138. The predicted octanol–water partition coefficient (Wildman–Crippen LogP) is 4.60. The van der Waals surface area contributed by atoms with Crippen LogP contribution >= 0.6 is 15.9 Å². The summed E-state index contributed by atoms with van der Waals surface area (Å²) in [6.45, 7) is 1.10. The quantitative estimate of drug-likeness (QED) is 0.401. The summed E-state index contributed by atoms with van der Waals surface area (Å²) in [6.07, 6.45) is 11.1. The molecule has 1 fully saturated rings. The van der Waals surface area contributed by atoms with Crippen LogP contribution in [0.3, 0.4) is 0 Å². The Morgan fingerprint density at radius 3 is 2.79 bits per heavy atom. The zero-order valence-corrected chi connectivity index (χ0v) is 22.6. The highest BCUT2D eigenvalue weighted by atomic mass is 79.9. The second-order valence-corrected chi connectivity index (χ2v) is 10.2. The maximum atomic E-state index is 14.5. The first-order valence-electron chi connectivity index (χ1n) is 12.3. The number of fused-ring (bicyclic) bond motifs is 1. The van der Waals surface area contributed by atoms with Crippen LogP contribution in [0.5, 0.6) is 11.8 Å². The first kappa shape index (κ1) is 26.5. The first-order valence-corrected chi connectivity index (χ1v) is 13.1. The van der Waals surface area contributed by atoms with Gasteiger partial charge in [0.1, 0.15) is 24.5 Å². The van der Waals surface area contributed by atoms with Gasteiger partial charge in [0.25, 0.3) is 0 Å². The maximum absolute atomic E-state index is 14.5. The van der Waals surface area contributed by atoms with Crippen LogP contribution in [0.4, 0.5) is 4.39 Å². The number of halogens is 2. The van der Waals surface area contributed by atoms with Gasteiger partial charge in [-0.1, -0.05) is 28.1 Å². The van der Waals surface area contributed by atoms with Crippen molar-refractivity contribution >= 4 is 44.4 Å². The Hall–Kier alpha value is -4.12. The topological polar surface area (TPSA) is 106 Å². The van der Waals surface area contributed by atoms with E-state index in [0.717, 1.165) is 4.48 Å². The smallest absolute Gasteiger partial charge is 0.321 e. The van der Waals surface area contributed by atoms with Gasteiger partial charge in [-0.15, -0.1) is 0 Å². The Balaban J connectivity index is 1.35. The number of hydrogen-bond acceptors (Lipinski definition) is 6. The molecule has 2 unspecified atom stereocenters. The SMILES string of the molecule is CC(=O)c1cn(CC(=O)N2CC(F)CC2C(=O)NC2=CC=CC(Br)=CC2)c2ccc(Oc3ncccn3)cc12. The van der Waals surface area contributed by atoms with Crippen molar-refractivity contribution in [2.75, 3.05) is 6.54 Å². The van der Waals surface area contributed by atoms with Gasteiger partial charge in [-0.05, 0) is 43.3 Å². The van der Waals surface area contributed by atoms with Crippen LogP contribution in [0.2, 0.25) is 0 Å². The summed E-state index contributed by atoms with van der Waals surface area (Å²) in [5.74, 6) is -0.603. The van der Waals surface area contributed by atoms with E-state index in [-0.39, 0.29) is 31.3 Å². The number of Topliss-reactive ketones (excluding diaryl/α,β-unsaturated/α-hetero) is 1. The molecule has 1 aliphatic carbocycles. The lowest BCUT2D eigenvalue weighted by atomic mass is 10.1. The summed E-state index contributed by atoms with van der Waals surface area (Å²) in [5, 5.41) is 3.43. The summed E-state index contributed by atoms with van der Waals surface area (Å²) in [6, 6.07) is 6.01. The third kappa shape index (κ3) is 5.98. The highest BCUT2D eigenvalue weighted by Gasteiger charge is 2.40. The molecule has 11 heteroatoms. The average Bonchev–Trinajstić information content (AvgIpc) is 3.41. The van der Waals surface area contributed by atoms with Crippen molar-refractivity contribution in [2.45, 2.75) is 38.5 Å². The van der Waals surface area contributed by atoms with Crippen molar-refractivity contribution in [3.05, 3.63) is 82.9 Å². The molecule has 3 aromatic rings. The fourth-order valence-electron chi connectivity index (χ4n) is 4.67. The van der Waals surface area contributed by atoms with E-state index < -0.39 is 24.0 Å². The second-order valence-electron chi connectivity index (χ2n) is 9.27. The molecule has 5 rings (SSSR count). The molecule has 3 heterocycles. The Kier molecular flexibility index (Phi) is 7.69. The zero-order valence-electron chi connectivity index (χ0n) is 21.0. The number of ether oxygens (including phenoxy) is 1. The zero-order chi connectivity index (χ0) is 27.5. The summed E-state index contributed by atoms with van der Waals surface area (Å²) in [4.78, 5) is 48.2. The normalized spacial score (nSPS) is 18.9. The van der Waals surface area contributed by atoms with Crippen LogP contribution in [0.15, 0.2) is 77.3 Å². The Labute approximate surface area is 232 Å². The molecule has 0 saturated carbocycles. The summed E-state index contributed by atoms with van der Waals surface area (Å²) < 4.78 is 22.7. The predicted molar refractivity (Wildman–Crippen MR) is 146 cm³/mol. The fraction of sp³-hybridized carbons (Fsp3) is 0.250. The van der Waals surface area contributed by atoms with Crippen molar-refractivity contribution in [3.63, 3.8) is 0 Å². The van der Waals surface area contributed by atoms with Gasteiger partial charge < -0.3 is 19.5 Å². The minimum Gasteiger partial charge on any atom is -0.424 e. The van der Waals surface area contributed by atoms with Gasteiger partial charge in [-0.25, -0.2) is 14.4 Å². The number of hydrogen-bond donors (Lipinski definition) is 1. The molecule has 0 spiro atoms. The van der Waals surface area contributed by atoms with Crippen molar-refractivity contribution in [3.8, 4) is 11.8 Å². The molecule has 2 atom stereocenters. The van der Waals surface area contributed by atoms with Crippen LogP contribution < -0.4 is 10.1 Å². The van der Waals surface area contributed by atoms with E-state index in [1.807, 2.05) is 12.2 Å². The average molecular weight is 594 g/mol. The van der Waals surface area contributed by atoms with Crippen LogP contribution in [0.1, 0.15) is 30.1 Å². The Bertz CT molecular complexity index is 1530. The summed E-state index contributed by atoms with van der Waals surface area (Å²) in [7, 11) is 0. The van der Waals surface area contributed by atoms with Crippen LogP contribution in [0.25, 0.3) is 10.9 Å². The molecule has 2 amide bonds. The van der Waals surface area contributed by atoms with Crippen LogP contribution in [0, 0.1) is 0 Å². The summed E-state index contributed by atoms with van der Waals surface area (Å²) in [5.41, 5.74) is 1.69. The number of benzene rings is 1. The number of nitrogens with zero attached hydrogens (tertiary/aromatic N) is 4. The van der Waals surface area contributed by atoms with Crippen LogP contribution in [-0.4, -0.2) is 55.8 Å². The van der Waals surface area contributed by atoms with E-state index in [1.54, 1.807) is 59.6 Å².